The minimum Gasteiger partial charge on any atom is -0.339 e. The Balaban J connectivity index is 2.07. The number of hydrogen-bond acceptors (Lipinski definition) is 4. The third-order valence-electron chi connectivity index (χ3n) is 2.67. The lowest BCUT2D eigenvalue weighted by Crippen LogP contribution is -1.95. The van der Waals surface area contributed by atoms with Gasteiger partial charge in [-0.3, -0.25) is 0 Å². The summed E-state index contributed by atoms with van der Waals surface area (Å²) in [5, 5.41) is 5.33. The normalized spacial score (nSPS) is 11.0. The first-order chi connectivity index (χ1) is 9.52. The van der Waals surface area contributed by atoms with E-state index in [9.17, 15) is 0 Å². The van der Waals surface area contributed by atoms with E-state index in [-0.39, 0.29) is 5.28 Å². The zero-order chi connectivity index (χ0) is 14.3. The number of benzene rings is 1. The molecule has 20 heavy (non-hydrogen) atoms. The van der Waals surface area contributed by atoms with Crippen LogP contribution < -0.4 is 5.32 Å². The Labute approximate surface area is 134 Å². The molecule has 0 fully saturated rings. The molecule has 0 saturated heterocycles. The van der Waals surface area contributed by atoms with Gasteiger partial charge in [0.15, 0.2) is 0 Å². The third-order valence-corrected chi connectivity index (χ3v) is 4.52. The molecule has 0 bridgehead atoms. The number of thiophene rings is 1. The molecule has 1 aromatic carbocycles. The summed E-state index contributed by atoms with van der Waals surface area (Å²) in [6.45, 7) is 2.02. The maximum Gasteiger partial charge on any atom is 0.225 e. The SMILES string of the molecule is Cc1cc2c(Nc3ccc(Cl)c(Cl)c3)nc(Cl)nc2s1. The standard InChI is InChI=1S/C13H8Cl3N3S/c1-6-4-8-11(18-13(16)19-12(8)20-6)17-7-2-3-9(14)10(15)5-7/h2-5H,1H3,(H,17,18,19). The summed E-state index contributed by atoms with van der Waals surface area (Å²) >= 11 is 19.4. The number of aromatic nitrogens is 2. The number of halogens is 3. The first-order valence-corrected chi connectivity index (χ1v) is 7.64. The first-order valence-electron chi connectivity index (χ1n) is 5.69. The van der Waals surface area contributed by atoms with Crippen LogP contribution in [0.4, 0.5) is 11.5 Å². The lowest BCUT2D eigenvalue weighted by molar-refractivity contribution is 1.23. The van der Waals surface area contributed by atoms with E-state index in [1.165, 1.54) is 0 Å². The molecule has 7 heteroatoms. The average Bonchev–Trinajstić information content (AvgIpc) is 2.74. The quantitative estimate of drug-likeness (QED) is 0.606. The number of nitrogens with zero attached hydrogens (tertiary/aromatic N) is 2. The summed E-state index contributed by atoms with van der Waals surface area (Å²) in [5.41, 5.74) is 0.791. The second-order valence-corrected chi connectivity index (χ2v) is 6.56. The number of hydrogen-bond donors (Lipinski definition) is 1. The van der Waals surface area contributed by atoms with E-state index in [1.54, 1.807) is 23.5 Å². The summed E-state index contributed by atoms with van der Waals surface area (Å²) in [7, 11) is 0. The molecule has 0 radical (unpaired) electrons. The zero-order valence-corrected chi connectivity index (χ0v) is 13.3. The number of anilines is 2. The van der Waals surface area contributed by atoms with Crippen molar-refractivity contribution in [3.05, 3.63) is 44.5 Å². The molecule has 0 aliphatic heterocycles. The molecule has 0 amide bonds. The van der Waals surface area contributed by atoms with E-state index in [0.29, 0.717) is 15.9 Å². The van der Waals surface area contributed by atoms with Crippen LogP contribution in [0.25, 0.3) is 10.2 Å². The van der Waals surface area contributed by atoms with Crippen LogP contribution in [0, 0.1) is 6.92 Å². The fourth-order valence-corrected chi connectivity index (χ4v) is 3.22. The van der Waals surface area contributed by atoms with Crippen LogP contribution in [-0.2, 0) is 0 Å². The molecule has 1 N–H and O–H groups in total. The smallest absolute Gasteiger partial charge is 0.225 e. The maximum absolute atomic E-state index is 6.00. The highest BCUT2D eigenvalue weighted by Crippen LogP contribution is 2.32. The van der Waals surface area contributed by atoms with Crippen LogP contribution in [0.5, 0.6) is 0 Å². The highest BCUT2D eigenvalue weighted by molar-refractivity contribution is 7.18. The van der Waals surface area contributed by atoms with Crippen LogP contribution in [0.2, 0.25) is 15.3 Å². The molecule has 0 saturated carbocycles. The highest BCUT2D eigenvalue weighted by Gasteiger charge is 2.10. The zero-order valence-electron chi connectivity index (χ0n) is 10.2. The van der Waals surface area contributed by atoms with Gasteiger partial charge in [0, 0.05) is 10.6 Å². The van der Waals surface area contributed by atoms with Crippen LogP contribution in [-0.4, -0.2) is 9.97 Å². The molecular weight excluding hydrogens is 337 g/mol. The van der Waals surface area contributed by atoms with Crippen LogP contribution in [0.3, 0.4) is 0 Å². The fourth-order valence-electron chi connectivity index (χ4n) is 1.82. The Morgan fingerprint density at radius 2 is 1.85 bits per heavy atom. The van der Waals surface area contributed by atoms with Crippen molar-refractivity contribution < 1.29 is 0 Å². The van der Waals surface area contributed by atoms with Crippen molar-refractivity contribution >= 4 is 67.9 Å². The molecule has 0 atom stereocenters. The van der Waals surface area contributed by atoms with Crippen molar-refractivity contribution in [2.45, 2.75) is 6.92 Å². The predicted molar refractivity (Wildman–Crippen MR) is 86.9 cm³/mol. The van der Waals surface area contributed by atoms with Crippen molar-refractivity contribution in [3.8, 4) is 0 Å². The molecule has 3 aromatic rings. The molecule has 0 spiro atoms. The van der Waals surface area contributed by atoms with Crippen molar-refractivity contribution in [1.82, 2.24) is 9.97 Å². The molecule has 0 unspecified atom stereocenters. The fraction of sp³-hybridized carbons (Fsp3) is 0.0769. The van der Waals surface area contributed by atoms with Gasteiger partial charge in [-0.05, 0) is 42.8 Å². The van der Waals surface area contributed by atoms with Gasteiger partial charge < -0.3 is 5.32 Å². The van der Waals surface area contributed by atoms with Gasteiger partial charge in [-0.25, -0.2) is 4.98 Å². The van der Waals surface area contributed by atoms with Crippen molar-refractivity contribution in [2.24, 2.45) is 0 Å². The van der Waals surface area contributed by atoms with Crippen molar-refractivity contribution in [1.29, 1.82) is 0 Å². The second-order valence-electron chi connectivity index (χ2n) is 4.17. The molecule has 0 aliphatic rings. The van der Waals surface area contributed by atoms with Crippen molar-refractivity contribution in [3.63, 3.8) is 0 Å². The summed E-state index contributed by atoms with van der Waals surface area (Å²) in [5.74, 6) is 0.655. The minimum absolute atomic E-state index is 0.210. The van der Waals surface area contributed by atoms with Gasteiger partial charge in [0.1, 0.15) is 10.6 Å². The Kier molecular flexibility index (Phi) is 3.73. The van der Waals surface area contributed by atoms with Crippen LogP contribution >= 0.6 is 46.1 Å². The Morgan fingerprint density at radius 3 is 2.60 bits per heavy atom. The monoisotopic (exact) mass is 343 g/mol. The Hall–Kier alpha value is -1.07. The van der Waals surface area contributed by atoms with E-state index in [1.807, 2.05) is 19.1 Å². The van der Waals surface area contributed by atoms with Gasteiger partial charge in [0.2, 0.25) is 5.28 Å². The van der Waals surface area contributed by atoms with Gasteiger partial charge in [-0.15, -0.1) is 11.3 Å². The Morgan fingerprint density at radius 1 is 1.05 bits per heavy atom. The van der Waals surface area contributed by atoms with E-state index in [4.69, 9.17) is 34.8 Å². The lowest BCUT2D eigenvalue weighted by atomic mass is 10.3. The summed E-state index contributed by atoms with van der Waals surface area (Å²) in [6, 6.07) is 7.32. The topological polar surface area (TPSA) is 37.8 Å². The van der Waals surface area contributed by atoms with Crippen molar-refractivity contribution in [2.75, 3.05) is 5.32 Å². The molecule has 3 rings (SSSR count). The molecular formula is C13H8Cl3N3S. The molecule has 2 heterocycles. The lowest BCUT2D eigenvalue weighted by Gasteiger charge is -2.08. The maximum atomic E-state index is 6.00. The van der Waals surface area contributed by atoms with Gasteiger partial charge in [0.05, 0.1) is 15.4 Å². The second kappa shape index (κ2) is 5.37. The van der Waals surface area contributed by atoms with Gasteiger partial charge >= 0.3 is 0 Å². The van der Waals surface area contributed by atoms with Gasteiger partial charge in [-0.2, -0.15) is 4.98 Å². The average molecular weight is 345 g/mol. The summed E-state index contributed by atoms with van der Waals surface area (Å²) < 4.78 is 0. The number of rotatable bonds is 2. The van der Waals surface area contributed by atoms with Crippen LogP contribution in [0.1, 0.15) is 4.88 Å². The minimum atomic E-state index is 0.210. The highest BCUT2D eigenvalue weighted by atomic mass is 35.5. The Bertz CT molecular complexity index is 801. The van der Waals surface area contributed by atoms with E-state index in [0.717, 1.165) is 20.8 Å². The van der Waals surface area contributed by atoms with E-state index in [2.05, 4.69) is 15.3 Å². The predicted octanol–water partition coefficient (Wildman–Crippen LogP) is 5.70. The van der Waals surface area contributed by atoms with E-state index < -0.39 is 0 Å². The number of nitrogens with one attached hydrogen (secondary N) is 1. The van der Waals surface area contributed by atoms with E-state index >= 15 is 0 Å². The number of fused-ring (bicyclic) bond motifs is 1. The first kappa shape index (κ1) is 13.9. The van der Waals surface area contributed by atoms with Gasteiger partial charge in [0.25, 0.3) is 0 Å². The number of aryl methyl sites for hydroxylation is 1. The molecule has 3 nitrogen and oxygen atoms in total. The summed E-state index contributed by atoms with van der Waals surface area (Å²) in [6.07, 6.45) is 0. The van der Waals surface area contributed by atoms with Crippen LogP contribution in [0.15, 0.2) is 24.3 Å². The van der Waals surface area contributed by atoms with Gasteiger partial charge in [-0.1, -0.05) is 23.2 Å². The summed E-state index contributed by atoms with van der Waals surface area (Å²) in [4.78, 5) is 10.5. The molecule has 2 aromatic heterocycles. The third kappa shape index (κ3) is 2.69. The molecule has 0 aliphatic carbocycles. The molecule has 102 valence electrons. The largest absolute Gasteiger partial charge is 0.339 e.